The fourth-order valence-corrected chi connectivity index (χ4v) is 4.94. The molecule has 1 fully saturated rings. The second-order valence-corrected chi connectivity index (χ2v) is 10.9. The lowest BCUT2D eigenvalue weighted by atomic mass is 9.72. The summed E-state index contributed by atoms with van der Waals surface area (Å²) in [4.78, 5) is 14.3. The third kappa shape index (κ3) is 4.73. The molecule has 0 aliphatic carbocycles. The molecule has 2 aliphatic heterocycles. The molecule has 32 heavy (non-hydrogen) atoms. The van der Waals surface area contributed by atoms with E-state index in [4.69, 9.17) is 4.74 Å². The average molecular weight is 462 g/mol. The highest BCUT2D eigenvalue weighted by atomic mass is 32.2. The van der Waals surface area contributed by atoms with Gasteiger partial charge in [-0.1, -0.05) is 19.9 Å². The van der Waals surface area contributed by atoms with E-state index in [1.165, 1.54) is 6.07 Å². The van der Waals surface area contributed by atoms with Gasteiger partial charge in [-0.3, -0.25) is 4.79 Å². The SMILES string of the molecule is CC1(C)Cc2cc(C(=O)NS(C)(=O)=O)ccc2NC1c1ccc(F)c(N2CCOCC2)c1. The van der Waals surface area contributed by atoms with E-state index in [0.29, 0.717) is 44.0 Å². The minimum absolute atomic E-state index is 0.0638. The molecule has 1 amide bonds. The molecule has 0 spiro atoms. The largest absolute Gasteiger partial charge is 0.378 e. The molecule has 1 saturated heterocycles. The molecule has 2 heterocycles. The number of nitrogens with zero attached hydrogens (tertiary/aromatic N) is 1. The molecule has 2 aliphatic rings. The van der Waals surface area contributed by atoms with Gasteiger partial charge in [0.05, 0.1) is 31.2 Å². The first kappa shape index (κ1) is 22.5. The van der Waals surface area contributed by atoms with E-state index in [9.17, 15) is 17.6 Å². The van der Waals surface area contributed by atoms with Gasteiger partial charge in [0.1, 0.15) is 5.82 Å². The molecule has 2 aromatic rings. The van der Waals surface area contributed by atoms with E-state index < -0.39 is 15.9 Å². The van der Waals surface area contributed by atoms with Gasteiger partial charge in [-0.05, 0) is 53.3 Å². The number of fused-ring (bicyclic) bond motifs is 1. The van der Waals surface area contributed by atoms with Gasteiger partial charge in [0.25, 0.3) is 5.91 Å². The number of anilines is 2. The van der Waals surface area contributed by atoms with Gasteiger partial charge in [0.2, 0.25) is 10.0 Å². The zero-order valence-electron chi connectivity index (χ0n) is 18.4. The number of carbonyl (C=O) groups is 1. The highest BCUT2D eigenvalue weighted by molar-refractivity contribution is 7.89. The van der Waals surface area contributed by atoms with Gasteiger partial charge >= 0.3 is 0 Å². The fraction of sp³-hybridized carbons (Fsp3) is 0.435. The van der Waals surface area contributed by atoms with E-state index in [-0.39, 0.29) is 17.3 Å². The Kier molecular flexibility index (Phi) is 5.89. The second kappa shape index (κ2) is 8.37. The van der Waals surface area contributed by atoms with Crippen molar-refractivity contribution < 1.29 is 22.3 Å². The smallest absolute Gasteiger partial charge is 0.264 e. The zero-order valence-corrected chi connectivity index (χ0v) is 19.3. The summed E-state index contributed by atoms with van der Waals surface area (Å²) in [7, 11) is -3.64. The number of halogens is 1. The predicted octanol–water partition coefficient (Wildman–Crippen LogP) is 3.09. The quantitative estimate of drug-likeness (QED) is 0.728. The van der Waals surface area contributed by atoms with Crippen molar-refractivity contribution in [2.75, 3.05) is 42.8 Å². The van der Waals surface area contributed by atoms with Gasteiger partial charge in [-0.2, -0.15) is 0 Å². The van der Waals surface area contributed by atoms with Crippen LogP contribution in [-0.4, -0.2) is 46.9 Å². The van der Waals surface area contributed by atoms with Crippen molar-refractivity contribution in [3.8, 4) is 0 Å². The van der Waals surface area contributed by atoms with Crippen LogP contribution in [0.1, 0.15) is 41.4 Å². The van der Waals surface area contributed by atoms with Crippen molar-refractivity contribution in [2.24, 2.45) is 5.41 Å². The van der Waals surface area contributed by atoms with Crippen LogP contribution < -0.4 is 14.9 Å². The summed E-state index contributed by atoms with van der Waals surface area (Å²) in [6.45, 7) is 6.72. The van der Waals surface area contributed by atoms with Crippen molar-refractivity contribution >= 4 is 27.3 Å². The standard InChI is InChI=1S/C23H28FN3O4S/c1-23(2)14-17-12-16(22(28)26-32(3,29)30)5-7-19(17)25-21(23)15-4-6-18(24)20(13-15)27-8-10-31-11-9-27/h4-7,12-13,21,25H,8-11,14H2,1-3H3,(H,26,28). The van der Waals surface area contributed by atoms with Crippen molar-refractivity contribution in [3.05, 3.63) is 58.9 Å². The molecule has 0 radical (unpaired) electrons. The molecule has 0 saturated carbocycles. The molecule has 0 bridgehead atoms. The first-order valence-corrected chi connectivity index (χ1v) is 12.5. The zero-order chi connectivity index (χ0) is 23.1. The van der Waals surface area contributed by atoms with Crippen molar-refractivity contribution in [3.63, 3.8) is 0 Å². The number of carbonyl (C=O) groups excluding carboxylic acids is 1. The number of benzene rings is 2. The maximum atomic E-state index is 14.6. The average Bonchev–Trinajstić information content (AvgIpc) is 2.72. The number of morpholine rings is 1. The van der Waals surface area contributed by atoms with Gasteiger partial charge < -0.3 is 15.0 Å². The number of sulfonamides is 1. The Hall–Kier alpha value is -2.65. The number of rotatable bonds is 4. The highest BCUT2D eigenvalue weighted by Gasteiger charge is 2.36. The van der Waals surface area contributed by atoms with Crippen molar-refractivity contribution in [2.45, 2.75) is 26.3 Å². The van der Waals surface area contributed by atoms with Gasteiger partial charge in [-0.15, -0.1) is 0 Å². The Morgan fingerprint density at radius 1 is 1.19 bits per heavy atom. The molecule has 2 aromatic carbocycles. The first-order chi connectivity index (χ1) is 15.0. The Labute approximate surface area is 188 Å². The summed E-state index contributed by atoms with van der Waals surface area (Å²) in [5.41, 5.74) is 3.44. The van der Waals surface area contributed by atoms with E-state index in [1.807, 2.05) is 21.8 Å². The molecule has 172 valence electrons. The van der Waals surface area contributed by atoms with E-state index in [2.05, 4.69) is 19.2 Å². The summed E-state index contributed by atoms with van der Waals surface area (Å²) < 4.78 is 44.8. The Morgan fingerprint density at radius 3 is 2.59 bits per heavy atom. The molecule has 0 aromatic heterocycles. The fourth-order valence-electron chi connectivity index (χ4n) is 4.48. The Balaban J connectivity index is 1.63. The third-order valence-electron chi connectivity index (χ3n) is 6.03. The molecule has 1 unspecified atom stereocenters. The summed E-state index contributed by atoms with van der Waals surface area (Å²) in [5.74, 6) is -0.893. The minimum Gasteiger partial charge on any atom is -0.378 e. The number of ether oxygens (including phenoxy) is 1. The highest BCUT2D eigenvalue weighted by Crippen LogP contribution is 2.45. The predicted molar refractivity (Wildman–Crippen MR) is 122 cm³/mol. The maximum absolute atomic E-state index is 14.6. The summed E-state index contributed by atoms with van der Waals surface area (Å²) in [6, 6.07) is 10.3. The van der Waals surface area contributed by atoms with Crippen LogP contribution in [0.3, 0.4) is 0 Å². The van der Waals surface area contributed by atoms with E-state index in [0.717, 1.165) is 23.1 Å². The molecular formula is C23H28FN3O4S. The van der Waals surface area contributed by atoms with Crippen LogP contribution in [0, 0.1) is 11.2 Å². The lowest BCUT2D eigenvalue weighted by Crippen LogP contribution is -2.38. The summed E-state index contributed by atoms with van der Waals surface area (Å²) >= 11 is 0. The number of hydrogen-bond acceptors (Lipinski definition) is 6. The summed E-state index contributed by atoms with van der Waals surface area (Å²) in [6.07, 6.45) is 1.62. The van der Waals surface area contributed by atoms with E-state index >= 15 is 0 Å². The molecule has 2 N–H and O–H groups in total. The van der Waals surface area contributed by atoms with Crippen LogP contribution in [0.5, 0.6) is 0 Å². The molecule has 9 heteroatoms. The van der Waals surface area contributed by atoms with Gasteiger partial charge in [0, 0.05) is 24.3 Å². The van der Waals surface area contributed by atoms with Crippen molar-refractivity contribution in [1.29, 1.82) is 0 Å². The molecule has 7 nitrogen and oxygen atoms in total. The van der Waals surface area contributed by atoms with Gasteiger partial charge in [-0.25, -0.2) is 17.5 Å². The van der Waals surface area contributed by atoms with Crippen LogP contribution in [0.2, 0.25) is 0 Å². The first-order valence-electron chi connectivity index (χ1n) is 10.6. The normalized spacial score (nSPS) is 20.2. The maximum Gasteiger partial charge on any atom is 0.264 e. The van der Waals surface area contributed by atoms with Crippen LogP contribution >= 0.6 is 0 Å². The lowest BCUT2D eigenvalue weighted by molar-refractivity contribution is 0.0981. The van der Waals surface area contributed by atoms with Gasteiger partial charge in [0.15, 0.2) is 0 Å². The van der Waals surface area contributed by atoms with E-state index in [1.54, 1.807) is 18.2 Å². The minimum atomic E-state index is -3.64. The van der Waals surface area contributed by atoms with Crippen LogP contribution in [0.15, 0.2) is 36.4 Å². The van der Waals surface area contributed by atoms with Crippen molar-refractivity contribution in [1.82, 2.24) is 4.72 Å². The number of amides is 1. The van der Waals surface area contributed by atoms with Crippen LogP contribution in [-0.2, 0) is 21.2 Å². The third-order valence-corrected chi connectivity index (χ3v) is 6.58. The van der Waals surface area contributed by atoms with Crippen LogP contribution in [0.25, 0.3) is 0 Å². The summed E-state index contributed by atoms with van der Waals surface area (Å²) in [5, 5.41) is 3.55. The van der Waals surface area contributed by atoms with Crippen LogP contribution in [0.4, 0.5) is 15.8 Å². The monoisotopic (exact) mass is 461 g/mol. The molecule has 1 atom stereocenters. The second-order valence-electron chi connectivity index (χ2n) is 9.13. The number of hydrogen-bond donors (Lipinski definition) is 2. The Morgan fingerprint density at radius 2 is 1.91 bits per heavy atom. The molecule has 4 rings (SSSR count). The molecular weight excluding hydrogens is 433 g/mol. The topological polar surface area (TPSA) is 87.7 Å². The number of nitrogens with one attached hydrogen (secondary N) is 2. The Bertz CT molecular complexity index is 1140. The lowest BCUT2D eigenvalue weighted by Gasteiger charge is -2.42.